The summed E-state index contributed by atoms with van der Waals surface area (Å²) in [7, 11) is 0. The number of morpholine rings is 1. The van der Waals surface area contributed by atoms with Gasteiger partial charge in [0.2, 0.25) is 11.8 Å². The first-order chi connectivity index (χ1) is 28.1. The summed E-state index contributed by atoms with van der Waals surface area (Å²) in [6.45, 7) is 4.50. The minimum Gasteiger partial charge on any atom is -0.491 e. The predicted octanol–water partition coefficient (Wildman–Crippen LogP) is 5.43. The number of carbonyl (C=O) groups is 4. The number of benzene rings is 1. The third-order valence-electron chi connectivity index (χ3n) is 12.8. The quantitative estimate of drug-likeness (QED) is 0.121. The number of fused-ring (bicyclic) bond motifs is 2. The van der Waals surface area contributed by atoms with E-state index >= 15 is 0 Å². The van der Waals surface area contributed by atoms with Crippen molar-refractivity contribution in [3.05, 3.63) is 41.1 Å². The minimum atomic E-state index is -0.923. The number of nitrogens with zero attached hydrogens (tertiary/aromatic N) is 3. The van der Waals surface area contributed by atoms with Crippen molar-refractivity contribution in [1.29, 1.82) is 0 Å². The number of carboxylic acids is 1. The summed E-state index contributed by atoms with van der Waals surface area (Å²) in [6.07, 6.45) is 12.0. The van der Waals surface area contributed by atoms with E-state index in [0.717, 1.165) is 70.3 Å². The first-order valence-electron chi connectivity index (χ1n) is 21.3. The number of nitrogens with two attached hydrogens (primary N) is 1. The molecule has 4 saturated carbocycles. The van der Waals surface area contributed by atoms with Crippen LogP contribution in [0.2, 0.25) is 5.02 Å². The van der Waals surface area contributed by atoms with Crippen LogP contribution >= 0.6 is 11.6 Å². The molecule has 1 aromatic heterocycles. The van der Waals surface area contributed by atoms with Crippen LogP contribution in [0.4, 0.5) is 4.79 Å². The number of aliphatic carboxylic acids is 1. The highest BCUT2D eigenvalue weighted by Crippen LogP contribution is 2.52. The molecule has 2 aliphatic heterocycles. The van der Waals surface area contributed by atoms with Crippen molar-refractivity contribution in [2.75, 3.05) is 46.0 Å². The lowest BCUT2D eigenvalue weighted by Crippen LogP contribution is -2.53. The van der Waals surface area contributed by atoms with Crippen LogP contribution in [0.25, 0.3) is 10.9 Å². The van der Waals surface area contributed by atoms with Crippen molar-refractivity contribution in [3.63, 3.8) is 0 Å². The summed E-state index contributed by atoms with van der Waals surface area (Å²) in [5.74, 6) is 0.746. The van der Waals surface area contributed by atoms with Gasteiger partial charge < -0.3 is 40.0 Å². The third kappa shape index (κ3) is 9.99. The lowest BCUT2D eigenvalue weighted by molar-refractivity contribution is -0.139. The van der Waals surface area contributed by atoms with Crippen LogP contribution in [-0.2, 0) is 23.9 Å². The molecule has 14 nitrogen and oxygen atoms in total. The Bertz CT molecular complexity index is 1880. The summed E-state index contributed by atoms with van der Waals surface area (Å²) >= 11 is 6.97. The zero-order chi connectivity index (χ0) is 40.3. The Kier molecular flexibility index (Phi) is 12.6. The van der Waals surface area contributed by atoms with Crippen LogP contribution in [0.1, 0.15) is 88.7 Å². The number of unbranched alkanes of at least 4 members (excludes halogenated alkanes) is 3. The highest BCUT2D eigenvalue weighted by atomic mass is 35.5. The van der Waals surface area contributed by atoms with Crippen molar-refractivity contribution in [2.24, 2.45) is 29.4 Å². The van der Waals surface area contributed by atoms with Gasteiger partial charge in [-0.25, -0.2) is 4.79 Å². The molecular weight excluding hydrogens is 766 g/mol. The average Bonchev–Trinajstić information content (AvgIpc) is 4.16. The molecule has 2 saturated heterocycles. The van der Waals surface area contributed by atoms with Crippen LogP contribution < -0.4 is 20.5 Å². The molecule has 1 aromatic carbocycles. The minimum absolute atomic E-state index is 0.105. The molecular formula is C43H56ClN5O9. The second-order valence-corrected chi connectivity index (χ2v) is 17.5. The van der Waals surface area contributed by atoms with Crippen molar-refractivity contribution in [2.45, 2.75) is 107 Å². The number of carboxylic acid groups (broad SMARTS) is 1. The second kappa shape index (κ2) is 18.0. The number of carbonyl (C=O) groups excluding carboxylic acids is 3. The Labute approximate surface area is 344 Å². The number of amides is 3. The van der Waals surface area contributed by atoms with Crippen LogP contribution in [0.5, 0.6) is 11.5 Å². The highest BCUT2D eigenvalue weighted by molar-refractivity contribution is 6.36. The number of pyridine rings is 1. The number of hydrogen-bond acceptors (Lipinski definition) is 10. The maximum atomic E-state index is 14.3. The van der Waals surface area contributed by atoms with E-state index in [1.807, 2.05) is 30.4 Å². The zero-order valence-electron chi connectivity index (χ0n) is 33.0. The molecule has 4 aliphatic carbocycles. The SMILES string of the molecule is NC(=O)[C@@H]1CC(Oc2cc(C3CC3)nc3c(Cl)c(OCCN4CCOCC4)ccc23)CN1C(=O)[C@H](CCCCC/C=C\[C@@H]1C[C@@H]1C(=O)O)NC(=O)OC1C[C@@H]2C[C@@H]2C1. The second-order valence-electron chi connectivity index (χ2n) is 17.1. The largest absolute Gasteiger partial charge is 0.491 e. The molecule has 4 N–H and O–H groups in total. The molecule has 8 rings (SSSR count). The Balaban J connectivity index is 0.928. The molecule has 3 heterocycles. The van der Waals surface area contributed by atoms with Gasteiger partial charge in [-0.1, -0.05) is 36.6 Å². The fourth-order valence-corrected chi connectivity index (χ4v) is 9.28. The Morgan fingerprint density at radius 1 is 1.02 bits per heavy atom. The van der Waals surface area contributed by atoms with Crippen molar-refractivity contribution >= 4 is 46.4 Å². The molecule has 0 spiro atoms. The fourth-order valence-electron chi connectivity index (χ4n) is 9.02. The van der Waals surface area contributed by atoms with Crippen molar-refractivity contribution in [1.82, 2.24) is 20.1 Å². The number of hydrogen-bond donors (Lipinski definition) is 3. The standard InChI is InChI=1S/C43H56ClN5O9/c44-38-36(56-17-14-48-12-15-55-16-13-48)11-10-31-37(23-34(25-8-9-25)46-39(31)38)57-30-22-35(40(45)50)49(24-30)41(51)33(47-43(54)58-29-19-27-18-28(27)20-29)7-5-3-1-2-4-6-26-21-32(26)42(52)53/h4,6,10-11,23,25-30,32-33,35H,1-3,5,7-9,12-22,24H2,(H2,45,50)(H,47,54)(H,52,53)/b6-4-/t26-,27-,28+,29?,30?,32+,33+,35+/m1/s1. The lowest BCUT2D eigenvalue weighted by Gasteiger charge is -2.28. The molecule has 8 atom stereocenters. The first-order valence-corrected chi connectivity index (χ1v) is 21.7. The van der Waals surface area contributed by atoms with E-state index in [1.54, 1.807) is 0 Å². The summed E-state index contributed by atoms with van der Waals surface area (Å²) in [4.78, 5) is 60.2. The number of ether oxygens (including phenoxy) is 4. The molecule has 3 amide bonds. The first kappa shape index (κ1) is 40.6. The smallest absolute Gasteiger partial charge is 0.408 e. The van der Waals surface area contributed by atoms with Gasteiger partial charge in [0.1, 0.15) is 47.4 Å². The molecule has 314 valence electrons. The summed E-state index contributed by atoms with van der Waals surface area (Å²) in [5.41, 5.74) is 7.38. The van der Waals surface area contributed by atoms with Crippen LogP contribution in [0, 0.1) is 23.7 Å². The fraction of sp³-hybridized carbons (Fsp3) is 0.651. The maximum absolute atomic E-state index is 14.3. The third-order valence-corrected chi connectivity index (χ3v) is 13.1. The lowest BCUT2D eigenvalue weighted by atomic mass is 10.0. The zero-order valence-corrected chi connectivity index (χ0v) is 33.8. The number of halogens is 1. The number of alkyl carbamates (subject to hydrolysis) is 1. The number of rotatable bonds is 19. The topological polar surface area (TPSA) is 183 Å². The van der Waals surface area contributed by atoms with Crippen molar-refractivity contribution < 1.29 is 43.2 Å². The highest BCUT2D eigenvalue weighted by Gasteiger charge is 2.48. The van der Waals surface area contributed by atoms with E-state index < -0.39 is 42.1 Å². The summed E-state index contributed by atoms with van der Waals surface area (Å²) < 4.78 is 24.0. The Morgan fingerprint density at radius 2 is 1.81 bits per heavy atom. The number of nitrogens with one attached hydrogen (secondary N) is 1. The summed E-state index contributed by atoms with van der Waals surface area (Å²) in [6, 6.07) is 3.83. The van der Waals surface area contributed by atoms with Gasteiger partial charge in [0, 0.05) is 49.1 Å². The molecule has 6 aliphatic rings. The number of primary amides is 1. The molecule has 58 heavy (non-hydrogen) atoms. The van der Waals surface area contributed by atoms with Gasteiger partial charge in [0.15, 0.2) is 0 Å². The van der Waals surface area contributed by atoms with Crippen molar-refractivity contribution in [3.8, 4) is 11.5 Å². The molecule has 15 heteroatoms. The molecule has 2 unspecified atom stereocenters. The van der Waals surface area contributed by atoms with Gasteiger partial charge in [0.25, 0.3) is 0 Å². The predicted molar refractivity (Wildman–Crippen MR) is 215 cm³/mol. The average molecular weight is 822 g/mol. The van der Waals surface area contributed by atoms with Gasteiger partial charge in [-0.3, -0.25) is 24.3 Å². The van der Waals surface area contributed by atoms with Crippen LogP contribution in [0.3, 0.4) is 0 Å². The van der Waals surface area contributed by atoms with E-state index in [0.29, 0.717) is 84.3 Å². The number of allylic oxidation sites excluding steroid dienone is 2. The van der Waals surface area contributed by atoms with E-state index in [4.69, 9.17) is 46.4 Å². The molecule has 0 bridgehead atoms. The van der Waals surface area contributed by atoms with Gasteiger partial charge >= 0.3 is 12.1 Å². The molecule has 0 radical (unpaired) electrons. The molecule has 6 fully saturated rings. The van der Waals surface area contributed by atoms with Gasteiger partial charge in [0.05, 0.1) is 31.2 Å². The Morgan fingerprint density at radius 3 is 2.53 bits per heavy atom. The normalized spacial score (nSPS) is 28.3. The van der Waals surface area contributed by atoms with Gasteiger partial charge in [-0.2, -0.15) is 0 Å². The monoisotopic (exact) mass is 821 g/mol. The van der Waals surface area contributed by atoms with Crippen LogP contribution in [-0.4, -0.2) is 114 Å². The Hall–Kier alpha value is -4.14. The van der Waals surface area contributed by atoms with E-state index in [2.05, 4.69) is 10.2 Å². The maximum Gasteiger partial charge on any atom is 0.408 e. The van der Waals surface area contributed by atoms with E-state index in [9.17, 15) is 19.2 Å². The van der Waals surface area contributed by atoms with E-state index in [1.165, 1.54) is 11.3 Å². The van der Waals surface area contributed by atoms with Gasteiger partial charge in [-0.15, -0.1) is 0 Å². The number of aromatic nitrogens is 1. The van der Waals surface area contributed by atoms with E-state index in [-0.39, 0.29) is 30.9 Å². The van der Waals surface area contributed by atoms with Crippen LogP contribution in [0.15, 0.2) is 30.4 Å². The number of likely N-dealkylation sites (tertiary alicyclic amines) is 1. The molecule has 2 aromatic rings. The van der Waals surface area contributed by atoms with Gasteiger partial charge in [-0.05, 0) is 87.7 Å². The summed E-state index contributed by atoms with van der Waals surface area (Å²) in [5, 5.41) is 13.1.